The Kier molecular flexibility index (Phi) is 3.76. The lowest BCUT2D eigenvalue weighted by molar-refractivity contribution is 0.534. The quantitative estimate of drug-likeness (QED) is 0.920. The predicted molar refractivity (Wildman–Crippen MR) is 83.5 cm³/mol. The van der Waals surface area contributed by atoms with E-state index in [0.717, 1.165) is 24.3 Å². The van der Waals surface area contributed by atoms with Gasteiger partial charge in [0.1, 0.15) is 0 Å². The fraction of sp³-hybridized carbons (Fsp3) is 0.438. The molecule has 1 unspecified atom stereocenters. The van der Waals surface area contributed by atoms with Crippen molar-refractivity contribution in [3.8, 4) is 0 Å². The smallest absolute Gasteiger partial charge is 0.0705 e. The van der Waals surface area contributed by atoms with Gasteiger partial charge in [-0.3, -0.25) is 4.98 Å². The van der Waals surface area contributed by atoms with E-state index < -0.39 is 0 Å². The van der Waals surface area contributed by atoms with Gasteiger partial charge in [-0.05, 0) is 37.7 Å². The van der Waals surface area contributed by atoms with Crippen molar-refractivity contribution >= 4 is 22.7 Å². The van der Waals surface area contributed by atoms with Gasteiger partial charge in [0.05, 0.1) is 11.2 Å². The number of fused-ring (bicyclic) bond motifs is 1. The van der Waals surface area contributed by atoms with E-state index in [2.05, 4.69) is 54.3 Å². The fourth-order valence-corrected chi connectivity index (χ4v) is 3.91. The van der Waals surface area contributed by atoms with Gasteiger partial charge in [0.25, 0.3) is 0 Å². The van der Waals surface area contributed by atoms with Crippen LogP contribution in [0.25, 0.3) is 10.9 Å². The van der Waals surface area contributed by atoms with E-state index in [1.54, 1.807) is 0 Å². The van der Waals surface area contributed by atoms with Gasteiger partial charge in [0.2, 0.25) is 0 Å². The molecule has 100 valence electrons. The first-order chi connectivity index (χ1) is 9.25. The molecule has 1 N–H and O–H groups in total. The van der Waals surface area contributed by atoms with Crippen LogP contribution in [0.2, 0.25) is 0 Å². The highest BCUT2D eigenvalue weighted by Gasteiger charge is 2.28. The Morgan fingerprint density at radius 1 is 1.26 bits per heavy atom. The zero-order valence-corrected chi connectivity index (χ0v) is 12.2. The summed E-state index contributed by atoms with van der Waals surface area (Å²) in [5, 5.41) is 4.78. The van der Waals surface area contributed by atoms with Crippen molar-refractivity contribution in [2.45, 2.75) is 31.1 Å². The highest BCUT2D eigenvalue weighted by Crippen LogP contribution is 2.36. The van der Waals surface area contributed by atoms with Crippen LogP contribution in [0.3, 0.4) is 0 Å². The summed E-state index contributed by atoms with van der Waals surface area (Å²) < 4.78 is 0.427. The summed E-state index contributed by atoms with van der Waals surface area (Å²) in [5.74, 6) is 1.31. The Balaban J connectivity index is 1.62. The van der Waals surface area contributed by atoms with Crippen molar-refractivity contribution in [3.63, 3.8) is 0 Å². The Hall–Kier alpha value is -1.06. The molecule has 1 fully saturated rings. The lowest BCUT2D eigenvalue weighted by Gasteiger charge is -2.22. The SMILES string of the molecule is CC1(CNCc2ccc3ccccc3n2)CCCS1. The molecule has 1 aliphatic rings. The molecule has 0 bridgehead atoms. The van der Waals surface area contributed by atoms with Crippen LogP contribution in [0, 0.1) is 0 Å². The average Bonchev–Trinajstić information content (AvgIpc) is 2.86. The number of benzene rings is 1. The lowest BCUT2D eigenvalue weighted by atomic mass is 10.1. The zero-order chi connectivity index (χ0) is 13.1. The molecule has 1 atom stereocenters. The number of thioether (sulfide) groups is 1. The minimum Gasteiger partial charge on any atom is -0.310 e. The highest BCUT2D eigenvalue weighted by molar-refractivity contribution is 8.00. The van der Waals surface area contributed by atoms with Crippen LogP contribution in [0.1, 0.15) is 25.5 Å². The Morgan fingerprint density at radius 2 is 2.16 bits per heavy atom. The maximum atomic E-state index is 4.69. The van der Waals surface area contributed by atoms with Crippen LogP contribution in [0.15, 0.2) is 36.4 Å². The number of hydrogen-bond acceptors (Lipinski definition) is 3. The molecule has 0 saturated carbocycles. The van der Waals surface area contributed by atoms with Crippen molar-refractivity contribution in [1.29, 1.82) is 0 Å². The largest absolute Gasteiger partial charge is 0.310 e. The second-order valence-electron chi connectivity index (χ2n) is 5.50. The molecule has 0 amide bonds. The molecule has 0 spiro atoms. The third-order valence-electron chi connectivity index (χ3n) is 3.76. The van der Waals surface area contributed by atoms with Gasteiger partial charge < -0.3 is 5.32 Å². The predicted octanol–water partition coefficient (Wildman–Crippen LogP) is 3.61. The number of aromatic nitrogens is 1. The van der Waals surface area contributed by atoms with Gasteiger partial charge in [0, 0.05) is 23.2 Å². The maximum absolute atomic E-state index is 4.69. The molecule has 2 aromatic rings. The molecule has 2 heterocycles. The van der Waals surface area contributed by atoms with Gasteiger partial charge in [0.15, 0.2) is 0 Å². The first-order valence-electron chi connectivity index (χ1n) is 6.95. The molecule has 3 heteroatoms. The van der Waals surface area contributed by atoms with Crippen molar-refractivity contribution < 1.29 is 0 Å². The molecule has 1 aromatic carbocycles. The van der Waals surface area contributed by atoms with E-state index in [1.165, 1.54) is 24.0 Å². The summed E-state index contributed by atoms with van der Waals surface area (Å²) in [6, 6.07) is 12.6. The Labute approximate surface area is 119 Å². The summed E-state index contributed by atoms with van der Waals surface area (Å²) in [4.78, 5) is 4.69. The summed E-state index contributed by atoms with van der Waals surface area (Å²) in [6.45, 7) is 4.30. The van der Waals surface area contributed by atoms with Crippen LogP contribution in [-0.2, 0) is 6.54 Å². The van der Waals surface area contributed by atoms with Crippen molar-refractivity contribution in [2.75, 3.05) is 12.3 Å². The molecule has 19 heavy (non-hydrogen) atoms. The van der Waals surface area contributed by atoms with Crippen LogP contribution >= 0.6 is 11.8 Å². The standard InChI is InChI=1S/C16H20N2S/c1-16(9-4-10-19-16)12-17-11-14-8-7-13-5-2-3-6-15(13)18-14/h2-3,5-8,17H,4,9-12H2,1H3. The summed E-state index contributed by atoms with van der Waals surface area (Å²) >= 11 is 2.10. The van der Waals surface area contributed by atoms with Crippen LogP contribution in [-0.4, -0.2) is 22.0 Å². The monoisotopic (exact) mass is 272 g/mol. The van der Waals surface area contributed by atoms with E-state index in [-0.39, 0.29) is 0 Å². The van der Waals surface area contributed by atoms with Gasteiger partial charge >= 0.3 is 0 Å². The third-order valence-corrected chi connectivity index (χ3v) is 5.30. The van der Waals surface area contributed by atoms with Crippen molar-refractivity contribution in [1.82, 2.24) is 10.3 Å². The second kappa shape index (κ2) is 5.51. The van der Waals surface area contributed by atoms with Crippen molar-refractivity contribution in [2.24, 2.45) is 0 Å². The van der Waals surface area contributed by atoms with Crippen molar-refractivity contribution in [3.05, 3.63) is 42.1 Å². The van der Waals surface area contributed by atoms with Gasteiger partial charge in [-0.2, -0.15) is 11.8 Å². The number of nitrogens with zero attached hydrogens (tertiary/aromatic N) is 1. The van der Waals surface area contributed by atoms with Gasteiger partial charge in [-0.15, -0.1) is 0 Å². The zero-order valence-electron chi connectivity index (χ0n) is 11.4. The molecule has 1 aromatic heterocycles. The molecular weight excluding hydrogens is 252 g/mol. The molecule has 1 saturated heterocycles. The molecule has 2 nitrogen and oxygen atoms in total. The van der Waals surface area contributed by atoms with Crippen LogP contribution in [0.5, 0.6) is 0 Å². The minimum absolute atomic E-state index is 0.427. The van der Waals surface area contributed by atoms with Gasteiger partial charge in [-0.1, -0.05) is 24.3 Å². The molecule has 1 aliphatic heterocycles. The molecule has 3 rings (SSSR count). The average molecular weight is 272 g/mol. The Bertz CT molecular complexity index is 561. The van der Waals surface area contributed by atoms with Gasteiger partial charge in [-0.25, -0.2) is 0 Å². The van der Waals surface area contributed by atoms with E-state index in [0.29, 0.717) is 4.75 Å². The summed E-state index contributed by atoms with van der Waals surface area (Å²) in [5.41, 5.74) is 2.22. The van der Waals surface area contributed by atoms with E-state index in [9.17, 15) is 0 Å². The maximum Gasteiger partial charge on any atom is 0.0705 e. The third kappa shape index (κ3) is 3.10. The fourth-order valence-electron chi connectivity index (χ4n) is 2.64. The molecule has 0 aliphatic carbocycles. The normalized spacial score (nSPS) is 23.0. The van der Waals surface area contributed by atoms with Crippen LogP contribution < -0.4 is 5.32 Å². The van der Waals surface area contributed by atoms with Crippen LogP contribution in [0.4, 0.5) is 0 Å². The number of hydrogen-bond donors (Lipinski definition) is 1. The highest BCUT2D eigenvalue weighted by atomic mass is 32.2. The van der Waals surface area contributed by atoms with E-state index in [1.807, 2.05) is 6.07 Å². The summed E-state index contributed by atoms with van der Waals surface area (Å²) in [7, 11) is 0. The molecular formula is C16H20N2S. The molecule has 0 radical (unpaired) electrons. The number of para-hydroxylation sites is 1. The Morgan fingerprint density at radius 3 is 3.00 bits per heavy atom. The summed E-state index contributed by atoms with van der Waals surface area (Å²) in [6.07, 6.45) is 2.69. The lowest BCUT2D eigenvalue weighted by Crippen LogP contribution is -2.32. The second-order valence-corrected chi connectivity index (χ2v) is 7.18. The van der Waals surface area contributed by atoms with E-state index in [4.69, 9.17) is 4.98 Å². The number of rotatable bonds is 4. The number of nitrogens with one attached hydrogen (secondary N) is 1. The van der Waals surface area contributed by atoms with E-state index >= 15 is 0 Å². The first-order valence-corrected chi connectivity index (χ1v) is 7.93. The first kappa shape index (κ1) is 12.9. The number of pyridine rings is 1. The minimum atomic E-state index is 0.427. The topological polar surface area (TPSA) is 24.9 Å².